The molecule has 1 amide bonds. The second-order valence-electron chi connectivity index (χ2n) is 5.64. The SMILES string of the molecule is O=C(O)C(c1ccccc1)N1C(=O)C(=CC(Cl)=Cc2ccccc2)SC1=S. The van der Waals surface area contributed by atoms with Crippen molar-refractivity contribution < 1.29 is 14.7 Å². The predicted octanol–water partition coefficient (Wildman–Crippen LogP) is 4.84. The summed E-state index contributed by atoms with van der Waals surface area (Å²) in [5, 5.41) is 10.0. The highest BCUT2D eigenvalue weighted by Gasteiger charge is 2.41. The summed E-state index contributed by atoms with van der Waals surface area (Å²) >= 11 is 12.6. The van der Waals surface area contributed by atoms with Crippen LogP contribution in [0.3, 0.4) is 0 Å². The number of aliphatic carboxylic acids is 1. The average molecular weight is 416 g/mol. The van der Waals surface area contributed by atoms with E-state index >= 15 is 0 Å². The fraction of sp³-hybridized carbons (Fsp3) is 0.0500. The first-order chi connectivity index (χ1) is 13.0. The summed E-state index contributed by atoms with van der Waals surface area (Å²) < 4.78 is 0.187. The lowest BCUT2D eigenvalue weighted by molar-refractivity contribution is -0.145. The van der Waals surface area contributed by atoms with Crippen LogP contribution in [0.2, 0.25) is 0 Å². The van der Waals surface area contributed by atoms with Gasteiger partial charge in [0.15, 0.2) is 6.04 Å². The number of halogens is 1. The lowest BCUT2D eigenvalue weighted by Gasteiger charge is -2.23. The van der Waals surface area contributed by atoms with Crippen molar-refractivity contribution in [2.45, 2.75) is 6.04 Å². The van der Waals surface area contributed by atoms with Gasteiger partial charge in [-0.15, -0.1) is 0 Å². The minimum absolute atomic E-state index is 0.187. The number of carbonyl (C=O) groups excluding carboxylic acids is 1. The Morgan fingerprint density at radius 2 is 1.70 bits per heavy atom. The molecule has 1 aliphatic rings. The Hall–Kier alpha value is -2.41. The van der Waals surface area contributed by atoms with Crippen LogP contribution in [-0.2, 0) is 9.59 Å². The number of thiocarbonyl (C=S) groups is 1. The molecular formula is C20H14ClNO3S2. The smallest absolute Gasteiger partial charge is 0.331 e. The van der Waals surface area contributed by atoms with Crippen molar-refractivity contribution in [2.75, 3.05) is 0 Å². The van der Waals surface area contributed by atoms with Crippen molar-refractivity contribution in [2.24, 2.45) is 0 Å². The van der Waals surface area contributed by atoms with E-state index in [0.29, 0.717) is 15.5 Å². The van der Waals surface area contributed by atoms with Crippen molar-refractivity contribution in [1.82, 2.24) is 4.90 Å². The predicted molar refractivity (Wildman–Crippen MR) is 112 cm³/mol. The van der Waals surface area contributed by atoms with Crippen molar-refractivity contribution in [3.63, 3.8) is 0 Å². The van der Waals surface area contributed by atoms with Crippen molar-refractivity contribution in [1.29, 1.82) is 0 Å². The van der Waals surface area contributed by atoms with Gasteiger partial charge in [-0.1, -0.05) is 96.2 Å². The maximum atomic E-state index is 12.8. The molecule has 7 heteroatoms. The third-order valence-corrected chi connectivity index (χ3v) is 5.35. The third-order valence-electron chi connectivity index (χ3n) is 3.80. The van der Waals surface area contributed by atoms with E-state index in [-0.39, 0.29) is 4.32 Å². The molecule has 0 radical (unpaired) electrons. The second kappa shape index (κ2) is 8.52. The van der Waals surface area contributed by atoms with Gasteiger partial charge in [0.25, 0.3) is 5.91 Å². The van der Waals surface area contributed by atoms with E-state index < -0.39 is 17.9 Å². The molecule has 0 bridgehead atoms. The van der Waals surface area contributed by atoms with Gasteiger partial charge in [0, 0.05) is 5.03 Å². The third kappa shape index (κ3) is 4.47. The Morgan fingerprint density at radius 3 is 2.30 bits per heavy atom. The largest absolute Gasteiger partial charge is 0.479 e. The number of allylic oxidation sites excluding steroid dienone is 2. The first kappa shape index (κ1) is 19.4. The van der Waals surface area contributed by atoms with E-state index in [2.05, 4.69) is 0 Å². The molecule has 0 aromatic heterocycles. The number of thioether (sulfide) groups is 1. The molecule has 1 unspecified atom stereocenters. The quantitative estimate of drug-likeness (QED) is 0.559. The number of rotatable bonds is 5. The molecule has 2 aromatic carbocycles. The minimum Gasteiger partial charge on any atom is -0.479 e. The molecule has 1 atom stereocenters. The lowest BCUT2D eigenvalue weighted by atomic mass is 10.1. The molecule has 2 aromatic rings. The molecular weight excluding hydrogens is 402 g/mol. The van der Waals surface area contributed by atoms with Crippen LogP contribution in [0, 0.1) is 0 Å². The summed E-state index contributed by atoms with van der Waals surface area (Å²) in [6, 6.07) is 16.8. The van der Waals surface area contributed by atoms with Gasteiger partial charge < -0.3 is 5.11 Å². The van der Waals surface area contributed by atoms with Crippen LogP contribution in [0.1, 0.15) is 17.2 Å². The molecule has 4 nitrogen and oxygen atoms in total. The lowest BCUT2D eigenvalue weighted by Crippen LogP contribution is -2.37. The fourth-order valence-electron chi connectivity index (χ4n) is 2.62. The van der Waals surface area contributed by atoms with Crippen LogP contribution in [0.25, 0.3) is 6.08 Å². The highest BCUT2D eigenvalue weighted by atomic mass is 35.5. The number of hydrogen-bond donors (Lipinski definition) is 1. The minimum atomic E-state index is -1.18. The van der Waals surface area contributed by atoms with Crippen LogP contribution >= 0.6 is 35.6 Å². The molecule has 1 fully saturated rings. The summed E-state index contributed by atoms with van der Waals surface area (Å²) in [6.07, 6.45) is 3.23. The van der Waals surface area contributed by atoms with Gasteiger partial charge in [0.05, 0.1) is 4.91 Å². The van der Waals surface area contributed by atoms with E-state index in [9.17, 15) is 14.7 Å². The molecule has 1 saturated heterocycles. The average Bonchev–Trinajstić information content (AvgIpc) is 2.91. The van der Waals surface area contributed by atoms with E-state index in [0.717, 1.165) is 22.2 Å². The molecule has 0 aliphatic carbocycles. The van der Waals surface area contributed by atoms with Gasteiger partial charge in [0.2, 0.25) is 0 Å². The summed E-state index contributed by atoms with van der Waals surface area (Å²) in [5.41, 5.74) is 1.37. The van der Waals surface area contributed by atoms with E-state index in [4.69, 9.17) is 23.8 Å². The van der Waals surface area contributed by atoms with Crippen LogP contribution in [-0.4, -0.2) is 26.2 Å². The number of nitrogens with zero attached hydrogens (tertiary/aromatic N) is 1. The number of benzene rings is 2. The number of carboxylic acid groups (broad SMARTS) is 1. The Morgan fingerprint density at radius 1 is 1.11 bits per heavy atom. The number of carboxylic acids is 1. The molecule has 0 spiro atoms. The van der Waals surface area contributed by atoms with Crippen molar-refractivity contribution in [3.05, 3.63) is 87.8 Å². The molecule has 1 aliphatic heterocycles. The number of hydrogen-bond acceptors (Lipinski definition) is 4. The first-order valence-electron chi connectivity index (χ1n) is 7.94. The van der Waals surface area contributed by atoms with Gasteiger partial charge in [-0.2, -0.15) is 0 Å². The van der Waals surface area contributed by atoms with Gasteiger partial charge in [-0.3, -0.25) is 9.69 Å². The zero-order valence-electron chi connectivity index (χ0n) is 13.9. The Bertz CT molecular complexity index is 942. The fourth-order valence-corrected chi connectivity index (χ4v) is 4.22. The summed E-state index contributed by atoms with van der Waals surface area (Å²) in [4.78, 5) is 26.1. The summed E-state index contributed by atoms with van der Waals surface area (Å²) in [5.74, 6) is -1.62. The standard InChI is InChI=1S/C20H14ClNO3S2/c21-15(11-13-7-3-1-4-8-13)12-16-18(23)22(20(26)27-16)17(19(24)25)14-9-5-2-6-10-14/h1-12,17H,(H,24,25). The zero-order chi connectivity index (χ0) is 19.4. The van der Waals surface area contributed by atoms with Crippen LogP contribution < -0.4 is 0 Å². The first-order valence-corrected chi connectivity index (χ1v) is 9.54. The number of carbonyl (C=O) groups is 2. The topological polar surface area (TPSA) is 57.6 Å². The van der Waals surface area contributed by atoms with Gasteiger partial charge >= 0.3 is 5.97 Å². The highest BCUT2D eigenvalue weighted by Crippen LogP contribution is 2.38. The van der Waals surface area contributed by atoms with Crippen LogP contribution in [0.15, 0.2) is 76.7 Å². The van der Waals surface area contributed by atoms with Crippen LogP contribution in [0.5, 0.6) is 0 Å². The monoisotopic (exact) mass is 415 g/mol. The Labute approximate surface area is 171 Å². The maximum Gasteiger partial charge on any atom is 0.331 e. The maximum absolute atomic E-state index is 12.8. The van der Waals surface area contributed by atoms with Crippen molar-refractivity contribution in [3.8, 4) is 0 Å². The van der Waals surface area contributed by atoms with Crippen molar-refractivity contribution >= 4 is 57.9 Å². The second-order valence-corrected chi connectivity index (χ2v) is 7.76. The Balaban J connectivity index is 1.90. The molecule has 1 heterocycles. The molecule has 1 N–H and O–H groups in total. The molecule has 27 heavy (non-hydrogen) atoms. The van der Waals surface area contributed by atoms with E-state index in [1.807, 2.05) is 30.3 Å². The van der Waals surface area contributed by atoms with E-state index in [1.165, 1.54) is 6.08 Å². The molecule has 136 valence electrons. The summed E-state index contributed by atoms with van der Waals surface area (Å²) in [7, 11) is 0. The molecule has 0 saturated carbocycles. The van der Waals surface area contributed by atoms with Gasteiger partial charge in [-0.25, -0.2) is 4.79 Å². The molecule has 3 rings (SSSR count). The normalized spacial score (nSPS) is 17.4. The zero-order valence-corrected chi connectivity index (χ0v) is 16.3. The van der Waals surface area contributed by atoms with E-state index in [1.54, 1.807) is 36.4 Å². The Kier molecular flexibility index (Phi) is 6.11. The van der Waals surface area contributed by atoms with Crippen LogP contribution in [0.4, 0.5) is 0 Å². The summed E-state index contributed by atoms with van der Waals surface area (Å²) in [6.45, 7) is 0. The number of amides is 1. The van der Waals surface area contributed by atoms with Gasteiger partial charge in [-0.05, 0) is 23.3 Å². The highest BCUT2D eigenvalue weighted by molar-refractivity contribution is 8.26. The van der Waals surface area contributed by atoms with Gasteiger partial charge in [0.1, 0.15) is 4.32 Å².